The number of pyridine rings is 1. The van der Waals surface area contributed by atoms with E-state index in [9.17, 15) is 0 Å². The van der Waals surface area contributed by atoms with Crippen LogP contribution in [0.15, 0.2) is 29.5 Å². The summed E-state index contributed by atoms with van der Waals surface area (Å²) in [5.74, 6) is 1.68. The zero-order valence-corrected chi connectivity index (χ0v) is 20.6. The summed E-state index contributed by atoms with van der Waals surface area (Å²) in [6.07, 6.45) is 10.0. The number of ether oxygens (including phenoxy) is 2. The molecule has 1 aromatic rings. The van der Waals surface area contributed by atoms with E-state index in [2.05, 4.69) is 27.4 Å². The van der Waals surface area contributed by atoms with Gasteiger partial charge in [-0.2, -0.15) is 0 Å². The minimum atomic E-state index is 0. The van der Waals surface area contributed by atoms with Crippen LogP contribution in [0.25, 0.3) is 0 Å². The molecule has 1 aromatic heterocycles. The number of nitrogens with zero attached hydrogens (tertiary/aromatic N) is 3. The number of aliphatic imine (C=N–C) groups is 1. The molecule has 0 atom stereocenters. The van der Waals surface area contributed by atoms with Crippen LogP contribution in [-0.2, 0) is 4.74 Å². The number of hydrogen-bond donors (Lipinski definition) is 2. The van der Waals surface area contributed by atoms with E-state index < -0.39 is 0 Å². The Labute approximate surface area is 198 Å². The number of aromatic nitrogens is 1. The standard InChI is InChI=1S/C22H37N5O2.HI/c1-2-24-21(25-11-14-29-20-7-6-10-23-17-20)26-18-22(8-4-3-5-9-22)19-27-12-15-28-16-13-27;/h6-7,10,17H,2-5,8-9,11-16,18-19H2,1H3,(H2,24,25,26);1H. The molecular formula is C22H38IN5O2. The Morgan fingerprint density at radius 3 is 2.73 bits per heavy atom. The van der Waals surface area contributed by atoms with Crippen molar-refractivity contribution in [1.29, 1.82) is 0 Å². The fraction of sp³-hybridized carbons (Fsp3) is 0.727. The first-order valence-electron chi connectivity index (χ1n) is 11.1. The molecule has 0 amide bonds. The second kappa shape index (κ2) is 14.0. The molecule has 0 bridgehead atoms. The first kappa shape index (κ1) is 25.1. The molecule has 8 heteroatoms. The lowest BCUT2D eigenvalue weighted by Crippen LogP contribution is -2.47. The minimum absolute atomic E-state index is 0. The zero-order chi connectivity index (χ0) is 20.2. The third-order valence-electron chi connectivity index (χ3n) is 5.79. The Balaban J connectivity index is 0.00000320. The highest BCUT2D eigenvalue weighted by molar-refractivity contribution is 14.0. The monoisotopic (exact) mass is 531 g/mol. The van der Waals surface area contributed by atoms with E-state index in [1.165, 1.54) is 32.1 Å². The van der Waals surface area contributed by atoms with Crippen LogP contribution in [0.2, 0.25) is 0 Å². The minimum Gasteiger partial charge on any atom is -0.490 e. The van der Waals surface area contributed by atoms with Crippen LogP contribution in [0.5, 0.6) is 5.75 Å². The number of rotatable bonds is 9. The number of hydrogen-bond acceptors (Lipinski definition) is 5. The number of nitrogens with one attached hydrogen (secondary N) is 2. The summed E-state index contributed by atoms with van der Waals surface area (Å²) < 4.78 is 11.3. The molecule has 2 N–H and O–H groups in total. The normalized spacial score (nSPS) is 19.6. The highest BCUT2D eigenvalue weighted by Gasteiger charge is 2.34. The highest BCUT2D eigenvalue weighted by Crippen LogP contribution is 2.37. The van der Waals surface area contributed by atoms with Crippen molar-refractivity contribution < 1.29 is 9.47 Å². The molecule has 3 rings (SSSR count). The number of morpholine rings is 1. The van der Waals surface area contributed by atoms with Crippen molar-refractivity contribution in [2.24, 2.45) is 10.4 Å². The quantitative estimate of drug-likeness (QED) is 0.221. The summed E-state index contributed by atoms with van der Waals surface area (Å²) >= 11 is 0. The zero-order valence-electron chi connectivity index (χ0n) is 18.3. The molecule has 0 spiro atoms. The Hall–Kier alpha value is -1.13. The van der Waals surface area contributed by atoms with E-state index in [1.807, 2.05) is 12.1 Å². The Morgan fingerprint density at radius 2 is 2.03 bits per heavy atom. The van der Waals surface area contributed by atoms with Crippen molar-refractivity contribution in [3.63, 3.8) is 0 Å². The van der Waals surface area contributed by atoms with E-state index in [-0.39, 0.29) is 24.0 Å². The largest absolute Gasteiger partial charge is 0.490 e. The number of guanidine groups is 1. The van der Waals surface area contributed by atoms with E-state index in [4.69, 9.17) is 14.5 Å². The topological polar surface area (TPSA) is 71.0 Å². The summed E-state index contributed by atoms with van der Waals surface area (Å²) in [6.45, 7) is 10.1. The first-order chi connectivity index (χ1) is 14.3. The van der Waals surface area contributed by atoms with Crippen LogP contribution < -0.4 is 15.4 Å². The fourth-order valence-electron chi connectivity index (χ4n) is 4.26. The summed E-state index contributed by atoms with van der Waals surface area (Å²) in [7, 11) is 0. The predicted molar refractivity (Wildman–Crippen MR) is 132 cm³/mol. The van der Waals surface area contributed by atoms with Gasteiger partial charge in [-0.15, -0.1) is 24.0 Å². The summed E-state index contributed by atoms with van der Waals surface area (Å²) in [6, 6.07) is 3.80. The van der Waals surface area contributed by atoms with Crippen molar-refractivity contribution in [2.45, 2.75) is 39.0 Å². The van der Waals surface area contributed by atoms with Gasteiger partial charge in [0.1, 0.15) is 12.4 Å². The molecule has 1 saturated carbocycles. The average molecular weight is 531 g/mol. The molecule has 170 valence electrons. The molecule has 7 nitrogen and oxygen atoms in total. The van der Waals surface area contributed by atoms with Gasteiger partial charge in [0.05, 0.1) is 26.0 Å². The van der Waals surface area contributed by atoms with Gasteiger partial charge in [0, 0.05) is 44.3 Å². The van der Waals surface area contributed by atoms with Crippen molar-refractivity contribution in [3.8, 4) is 5.75 Å². The molecule has 0 unspecified atom stereocenters. The van der Waals surface area contributed by atoms with Crippen molar-refractivity contribution in [3.05, 3.63) is 24.5 Å². The van der Waals surface area contributed by atoms with Gasteiger partial charge in [-0.1, -0.05) is 19.3 Å². The fourth-order valence-corrected chi connectivity index (χ4v) is 4.26. The van der Waals surface area contributed by atoms with Gasteiger partial charge in [-0.25, -0.2) is 0 Å². The molecule has 0 aromatic carbocycles. The van der Waals surface area contributed by atoms with Crippen LogP contribution in [-0.4, -0.2) is 74.9 Å². The van der Waals surface area contributed by atoms with Gasteiger partial charge >= 0.3 is 0 Å². The van der Waals surface area contributed by atoms with Crippen LogP contribution >= 0.6 is 24.0 Å². The molecule has 1 aliphatic heterocycles. The Kier molecular flexibility index (Phi) is 11.8. The van der Waals surface area contributed by atoms with Crippen molar-refractivity contribution >= 4 is 29.9 Å². The first-order valence-corrected chi connectivity index (χ1v) is 11.1. The second-order valence-corrected chi connectivity index (χ2v) is 8.11. The molecule has 2 fully saturated rings. The lowest BCUT2D eigenvalue weighted by atomic mass is 9.73. The van der Waals surface area contributed by atoms with Gasteiger partial charge in [0.25, 0.3) is 0 Å². The SMILES string of the molecule is CCNC(=NCC1(CN2CCOCC2)CCCCC1)NCCOc1cccnc1.I. The van der Waals surface area contributed by atoms with Gasteiger partial charge in [-0.05, 0) is 31.9 Å². The second-order valence-electron chi connectivity index (χ2n) is 8.11. The van der Waals surface area contributed by atoms with Gasteiger partial charge in [0.2, 0.25) is 0 Å². The summed E-state index contributed by atoms with van der Waals surface area (Å²) in [4.78, 5) is 11.6. The maximum Gasteiger partial charge on any atom is 0.191 e. The molecule has 30 heavy (non-hydrogen) atoms. The van der Waals surface area contributed by atoms with Crippen LogP contribution in [0.3, 0.4) is 0 Å². The Bertz CT molecular complexity index is 605. The predicted octanol–water partition coefficient (Wildman–Crippen LogP) is 2.92. The van der Waals surface area contributed by atoms with E-state index in [1.54, 1.807) is 12.4 Å². The third kappa shape index (κ3) is 8.55. The smallest absolute Gasteiger partial charge is 0.191 e. The molecular weight excluding hydrogens is 493 g/mol. The average Bonchev–Trinajstić information content (AvgIpc) is 2.77. The van der Waals surface area contributed by atoms with Crippen molar-refractivity contribution in [2.75, 3.05) is 59.1 Å². The maximum atomic E-state index is 5.72. The lowest BCUT2D eigenvalue weighted by molar-refractivity contribution is 0.00937. The highest BCUT2D eigenvalue weighted by atomic mass is 127. The van der Waals surface area contributed by atoms with Crippen LogP contribution in [0.4, 0.5) is 0 Å². The maximum absolute atomic E-state index is 5.72. The Morgan fingerprint density at radius 1 is 1.23 bits per heavy atom. The van der Waals surface area contributed by atoms with Crippen LogP contribution in [0, 0.1) is 5.41 Å². The third-order valence-corrected chi connectivity index (χ3v) is 5.79. The van der Waals surface area contributed by atoms with E-state index in [0.717, 1.165) is 57.6 Å². The summed E-state index contributed by atoms with van der Waals surface area (Å²) in [5, 5.41) is 6.79. The molecule has 2 aliphatic rings. The molecule has 1 saturated heterocycles. The van der Waals surface area contributed by atoms with E-state index >= 15 is 0 Å². The van der Waals surface area contributed by atoms with Crippen molar-refractivity contribution in [1.82, 2.24) is 20.5 Å². The summed E-state index contributed by atoms with van der Waals surface area (Å²) in [5.41, 5.74) is 0.296. The molecule has 2 heterocycles. The van der Waals surface area contributed by atoms with Gasteiger partial charge in [-0.3, -0.25) is 14.9 Å². The van der Waals surface area contributed by atoms with Gasteiger partial charge < -0.3 is 20.1 Å². The molecule has 1 aliphatic carbocycles. The van der Waals surface area contributed by atoms with E-state index in [0.29, 0.717) is 18.6 Å². The van der Waals surface area contributed by atoms with Gasteiger partial charge in [0.15, 0.2) is 5.96 Å². The lowest BCUT2D eigenvalue weighted by Gasteiger charge is -2.41. The number of halogens is 1. The van der Waals surface area contributed by atoms with Crippen LogP contribution in [0.1, 0.15) is 39.0 Å². The molecule has 0 radical (unpaired) electrons.